The van der Waals surface area contributed by atoms with E-state index in [0.717, 1.165) is 34.9 Å². The Bertz CT molecular complexity index is 626. The maximum absolute atomic E-state index is 10.6. The first-order valence-electron chi connectivity index (χ1n) is 7.71. The quantitative estimate of drug-likeness (QED) is 0.900. The van der Waals surface area contributed by atoms with Gasteiger partial charge in [-0.25, -0.2) is 0 Å². The lowest BCUT2D eigenvalue weighted by molar-refractivity contribution is 0.0849. The van der Waals surface area contributed by atoms with E-state index in [1.807, 2.05) is 30.3 Å². The Labute approximate surface area is 137 Å². The summed E-state index contributed by atoms with van der Waals surface area (Å²) < 4.78 is 5.42. The molecule has 3 rings (SSSR count). The lowest BCUT2D eigenvalue weighted by Gasteiger charge is -2.26. The average molecular weight is 322 g/mol. The minimum atomic E-state index is -0.468. The number of ether oxygens (including phenoxy) is 1. The summed E-state index contributed by atoms with van der Waals surface area (Å²) in [5, 5.41) is 12.7. The SMILES string of the molecule is COc1ccc([C@H](N)[C@H](O)C2CCCC2)c2ccccc12.Cl. The van der Waals surface area contributed by atoms with Gasteiger partial charge in [-0.3, -0.25) is 0 Å². The van der Waals surface area contributed by atoms with Crippen LogP contribution in [0.2, 0.25) is 0 Å². The van der Waals surface area contributed by atoms with E-state index in [2.05, 4.69) is 6.07 Å². The van der Waals surface area contributed by atoms with Gasteiger partial charge in [0.15, 0.2) is 0 Å². The largest absolute Gasteiger partial charge is 0.496 e. The van der Waals surface area contributed by atoms with E-state index in [9.17, 15) is 5.11 Å². The van der Waals surface area contributed by atoms with Gasteiger partial charge in [-0.1, -0.05) is 43.2 Å². The van der Waals surface area contributed by atoms with Crippen molar-refractivity contribution >= 4 is 23.2 Å². The Morgan fingerprint density at radius 2 is 1.73 bits per heavy atom. The van der Waals surface area contributed by atoms with Crippen molar-refractivity contribution in [3.63, 3.8) is 0 Å². The molecule has 0 unspecified atom stereocenters. The molecule has 120 valence electrons. The molecule has 0 bridgehead atoms. The molecule has 0 radical (unpaired) electrons. The average Bonchev–Trinajstić information content (AvgIpc) is 3.07. The maximum Gasteiger partial charge on any atom is 0.126 e. The summed E-state index contributed by atoms with van der Waals surface area (Å²) >= 11 is 0. The van der Waals surface area contributed by atoms with Gasteiger partial charge in [-0.2, -0.15) is 0 Å². The van der Waals surface area contributed by atoms with Gasteiger partial charge in [0, 0.05) is 5.39 Å². The number of hydrogen-bond acceptors (Lipinski definition) is 3. The van der Waals surface area contributed by atoms with Crippen molar-refractivity contribution in [2.75, 3.05) is 7.11 Å². The molecule has 3 N–H and O–H groups in total. The molecule has 2 atom stereocenters. The van der Waals surface area contributed by atoms with Gasteiger partial charge in [0.05, 0.1) is 19.3 Å². The number of methoxy groups -OCH3 is 1. The standard InChI is InChI=1S/C18H23NO2.ClH/c1-21-16-11-10-15(13-8-4-5-9-14(13)16)17(19)18(20)12-6-2-3-7-12;/h4-5,8-12,17-18,20H,2-3,6-7,19H2,1H3;1H/t17-,18+;/m0./s1. The van der Waals surface area contributed by atoms with E-state index in [4.69, 9.17) is 10.5 Å². The number of nitrogens with two attached hydrogens (primary N) is 1. The topological polar surface area (TPSA) is 55.5 Å². The molecule has 0 heterocycles. The lowest BCUT2D eigenvalue weighted by atomic mass is 9.88. The van der Waals surface area contributed by atoms with Crippen LogP contribution in [0.15, 0.2) is 36.4 Å². The van der Waals surface area contributed by atoms with E-state index >= 15 is 0 Å². The van der Waals surface area contributed by atoms with Crippen molar-refractivity contribution in [3.05, 3.63) is 42.0 Å². The molecule has 0 saturated heterocycles. The third-order valence-electron chi connectivity index (χ3n) is 4.75. The number of rotatable bonds is 4. The Kier molecular flexibility index (Phi) is 5.68. The summed E-state index contributed by atoms with van der Waals surface area (Å²) in [4.78, 5) is 0. The van der Waals surface area contributed by atoms with Gasteiger partial charge in [-0.15, -0.1) is 12.4 Å². The van der Waals surface area contributed by atoms with Crippen LogP contribution >= 0.6 is 12.4 Å². The molecule has 22 heavy (non-hydrogen) atoms. The van der Waals surface area contributed by atoms with Crippen LogP contribution in [0.3, 0.4) is 0 Å². The summed E-state index contributed by atoms with van der Waals surface area (Å²) in [6.45, 7) is 0. The number of halogens is 1. The first-order chi connectivity index (χ1) is 10.2. The molecule has 0 aromatic heterocycles. The van der Waals surface area contributed by atoms with E-state index < -0.39 is 6.10 Å². The van der Waals surface area contributed by atoms with E-state index in [0.29, 0.717) is 5.92 Å². The summed E-state index contributed by atoms with van der Waals surface area (Å²) in [7, 11) is 1.68. The third kappa shape index (κ3) is 3.07. The molecule has 2 aromatic carbocycles. The van der Waals surface area contributed by atoms with Crippen LogP contribution in [0.4, 0.5) is 0 Å². The normalized spacial score (nSPS) is 18.0. The summed E-state index contributed by atoms with van der Waals surface area (Å²) in [6.07, 6.45) is 4.12. The van der Waals surface area contributed by atoms with Crippen molar-refractivity contribution in [1.29, 1.82) is 0 Å². The predicted octanol–water partition coefficient (Wildman–Crippen LogP) is 3.82. The number of hydrogen-bond donors (Lipinski definition) is 2. The minimum absolute atomic E-state index is 0. The second-order valence-electron chi connectivity index (χ2n) is 5.96. The third-order valence-corrected chi connectivity index (χ3v) is 4.75. The second-order valence-corrected chi connectivity index (χ2v) is 5.96. The Balaban J connectivity index is 0.00000176. The van der Waals surface area contributed by atoms with Gasteiger partial charge in [0.25, 0.3) is 0 Å². The molecule has 4 heteroatoms. The molecule has 3 nitrogen and oxygen atoms in total. The first kappa shape index (κ1) is 17.1. The number of aliphatic hydroxyl groups is 1. The molecule has 1 aliphatic rings. The van der Waals surface area contributed by atoms with Gasteiger partial charge in [-0.05, 0) is 35.8 Å². The molecular formula is C18H24ClNO2. The molecule has 0 spiro atoms. The monoisotopic (exact) mass is 321 g/mol. The highest BCUT2D eigenvalue weighted by atomic mass is 35.5. The predicted molar refractivity (Wildman–Crippen MR) is 92.6 cm³/mol. The Morgan fingerprint density at radius 3 is 2.36 bits per heavy atom. The fraction of sp³-hybridized carbons (Fsp3) is 0.444. The highest BCUT2D eigenvalue weighted by molar-refractivity contribution is 5.91. The van der Waals surface area contributed by atoms with E-state index in [1.165, 1.54) is 12.8 Å². The van der Waals surface area contributed by atoms with Gasteiger partial charge in [0.1, 0.15) is 5.75 Å². The van der Waals surface area contributed by atoms with E-state index in [1.54, 1.807) is 7.11 Å². The van der Waals surface area contributed by atoms with Crippen LogP contribution in [-0.2, 0) is 0 Å². The molecule has 0 amide bonds. The van der Waals surface area contributed by atoms with Crippen molar-refractivity contribution in [1.82, 2.24) is 0 Å². The lowest BCUT2D eigenvalue weighted by Crippen LogP contribution is -2.32. The highest BCUT2D eigenvalue weighted by Crippen LogP contribution is 2.36. The number of benzene rings is 2. The smallest absolute Gasteiger partial charge is 0.126 e. The summed E-state index contributed by atoms with van der Waals surface area (Å²) in [5.74, 6) is 1.18. The van der Waals surface area contributed by atoms with Crippen molar-refractivity contribution in [3.8, 4) is 5.75 Å². The van der Waals surface area contributed by atoms with Crippen LogP contribution in [0, 0.1) is 5.92 Å². The highest BCUT2D eigenvalue weighted by Gasteiger charge is 2.29. The molecular weight excluding hydrogens is 298 g/mol. The first-order valence-corrected chi connectivity index (χ1v) is 7.71. The van der Waals surface area contributed by atoms with Crippen molar-refractivity contribution in [2.45, 2.75) is 37.8 Å². The minimum Gasteiger partial charge on any atom is -0.496 e. The maximum atomic E-state index is 10.6. The molecule has 0 aliphatic heterocycles. The molecule has 1 saturated carbocycles. The van der Waals surface area contributed by atoms with Gasteiger partial charge >= 0.3 is 0 Å². The molecule has 1 aliphatic carbocycles. The second kappa shape index (κ2) is 7.32. The number of fused-ring (bicyclic) bond motifs is 1. The zero-order valence-electron chi connectivity index (χ0n) is 12.9. The van der Waals surface area contributed by atoms with E-state index in [-0.39, 0.29) is 18.4 Å². The number of aliphatic hydroxyl groups excluding tert-OH is 1. The van der Waals surface area contributed by atoms with Crippen molar-refractivity contribution in [2.24, 2.45) is 11.7 Å². The van der Waals surface area contributed by atoms with Crippen molar-refractivity contribution < 1.29 is 9.84 Å². The van der Waals surface area contributed by atoms with Crippen LogP contribution in [-0.4, -0.2) is 18.3 Å². The fourth-order valence-electron chi connectivity index (χ4n) is 3.54. The Hall–Kier alpha value is -1.29. The van der Waals surface area contributed by atoms with Gasteiger partial charge in [0.2, 0.25) is 0 Å². The van der Waals surface area contributed by atoms with Crippen LogP contribution < -0.4 is 10.5 Å². The molecule has 1 fully saturated rings. The summed E-state index contributed by atoms with van der Waals surface area (Å²) in [5.41, 5.74) is 7.39. The van der Waals surface area contributed by atoms with Crippen LogP contribution in [0.5, 0.6) is 5.75 Å². The van der Waals surface area contributed by atoms with Gasteiger partial charge < -0.3 is 15.6 Å². The fourth-order valence-corrected chi connectivity index (χ4v) is 3.54. The summed E-state index contributed by atoms with van der Waals surface area (Å²) in [6, 6.07) is 11.7. The Morgan fingerprint density at radius 1 is 1.09 bits per heavy atom. The molecule has 2 aromatic rings. The van der Waals surface area contributed by atoms with Crippen LogP contribution in [0.25, 0.3) is 10.8 Å². The van der Waals surface area contributed by atoms with Crippen LogP contribution in [0.1, 0.15) is 37.3 Å². The zero-order valence-corrected chi connectivity index (χ0v) is 13.7. The zero-order chi connectivity index (χ0) is 14.8.